The molecule has 1 aromatic carbocycles. The largest absolute Gasteiger partial charge is 0.389 e. The first-order chi connectivity index (χ1) is 11.0. The van der Waals surface area contributed by atoms with E-state index in [4.69, 9.17) is 0 Å². The van der Waals surface area contributed by atoms with E-state index in [0.717, 1.165) is 19.3 Å². The van der Waals surface area contributed by atoms with Crippen molar-refractivity contribution in [2.45, 2.75) is 69.3 Å². The van der Waals surface area contributed by atoms with Crippen LogP contribution >= 0.6 is 11.3 Å². The Balaban J connectivity index is 1.82. The van der Waals surface area contributed by atoms with E-state index in [2.05, 4.69) is 49.6 Å². The molecule has 23 heavy (non-hydrogen) atoms. The Morgan fingerprint density at radius 3 is 2.48 bits per heavy atom. The van der Waals surface area contributed by atoms with Crippen LogP contribution < -0.4 is 0 Å². The zero-order valence-electron chi connectivity index (χ0n) is 14.1. The lowest BCUT2D eigenvalue weighted by atomic mass is 9.71. The lowest BCUT2D eigenvalue weighted by Crippen LogP contribution is -2.38. The van der Waals surface area contributed by atoms with Crippen LogP contribution in [0.1, 0.15) is 72.9 Å². The second-order valence-electron chi connectivity index (χ2n) is 7.78. The molecule has 1 fully saturated rings. The Hall–Kier alpha value is -1.12. The zero-order valence-corrected chi connectivity index (χ0v) is 15.0. The molecule has 0 spiro atoms. The van der Waals surface area contributed by atoms with Crippen molar-refractivity contribution in [3.63, 3.8) is 0 Å². The van der Waals surface area contributed by atoms with Crippen molar-refractivity contribution in [1.29, 1.82) is 0 Å². The van der Waals surface area contributed by atoms with Crippen molar-refractivity contribution < 1.29 is 5.11 Å². The molecule has 122 valence electrons. The Bertz CT molecular complexity index is 696. The second kappa shape index (κ2) is 5.46. The van der Waals surface area contributed by atoms with E-state index >= 15 is 0 Å². The van der Waals surface area contributed by atoms with E-state index in [1.165, 1.54) is 40.8 Å². The number of benzene rings is 1. The second-order valence-corrected chi connectivity index (χ2v) is 8.69. The summed E-state index contributed by atoms with van der Waals surface area (Å²) in [6.07, 6.45) is 6.62. The number of rotatable bonds is 2. The molecule has 2 aliphatic rings. The number of aliphatic hydroxyl groups is 1. The Morgan fingerprint density at radius 1 is 1.09 bits per heavy atom. The molecular formula is C21H26OS. The average Bonchev–Trinajstić information content (AvgIpc) is 3.10. The van der Waals surface area contributed by atoms with E-state index in [-0.39, 0.29) is 5.41 Å². The number of fused-ring (bicyclic) bond motifs is 1. The van der Waals surface area contributed by atoms with E-state index in [1.54, 1.807) is 0 Å². The molecule has 0 amide bonds. The summed E-state index contributed by atoms with van der Waals surface area (Å²) >= 11 is 1.88. The number of hydrogen-bond acceptors (Lipinski definition) is 2. The van der Waals surface area contributed by atoms with Crippen molar-refractivity contribution >= 4 is 11.3 Å². The summed E-state index contributed by atoms with van der Waals surface area (Å²) < 4.78 is 0. The van der Waals surface area contributed by atoms with Gasteiger partial charge in [-0.05, 0) is 48.3 Å². The Kier molecular flexibility index (Phi) is 3.66. The highest BCUT2D eigenvalue weighted by atomic mass is 32.1. The SMILES string of the molecule is Cc1csc2c1[C@@](C)(c1ccccc1)C[C@H]2C1(O)CCCCC1. The molecule has 4 rings (SSSR count). The van der Waals surface area contributed by atoms with Gasteiger partial charge in [0.25, 0.3) is 0 Å². The van der Waals surface area contributed by atoms with Crippen molar-refractivity contribution in [2.75, 3.05) is 0 Å². The average molecular weight is 327 g/mol. The van der Waals surface area contributed by atoms with Crippen LogP contribution in [0.25, 0.3) is 0 Å². The van der Waals surface area contributed by atoms with Crippen molar-refractivity contribution in [2.24, 2.45) is 0 Å². The van der Waals surface area contributed by atoms with Crippen LogP contribution in [-0.2, 0) is 5.41 Å². The van der Waals surface area contributed by atoms with Crippen molar-refractivity contribution in [1.82, 2.24) is 0 Å². The van der Waals surface area contributed by atoms with E-state index in [1.807, 2.05) is 11.3 Å². The Labute approximate surface area is 143 Å². The number of aryl methyl sites for hydroxylation is 1. The third kappa shape index (κ3) is 2.30. The van der Waals surface area contributed by atoms with Gasteiger partial charge in [-0.15, -0.1) is 11.3 Å². The maximum Gasteiger partial charge on any atom is 0.0724 e. The summed E-state index contributed by atoms with van der Waals surface area (Å²) in [5.41, 5.74) is 3.84. The quantitative estimate of drug-likeness (QED) is 0.767. The molecule has 1 saturated carbocycles. The van der Waals surface area contributed by atoms with Gasteiger partial charge in [-0.25, -0.2) is 0 Å². The van der Waals surface area contributed by atoms with Gasteiger partial charge < -0.3 is 5.11 Å². The van der Waals surface area contributed by atoms with Crippen LogP contribution in [-0.4, -0.2) is 10.7 Å². The zero-order chi connectivity index (χ0) is 16.1. The fraction of sp³-hybridized carbons (Fsp3) is 0.524. The molecule has 1 aromatic heterocycles. The highest BCUT2D eigenvalue weighted by Crippen LogP contribution is 2.58. The van der Waals surface area contributed by atoms with Crippen LogP contribution in [0.3, 0.4) is 0 Å². The number of hydrogen-bond donors (Lipinski definition) is 1. The molecule has 0 radical (unpaired) electrons. The van der Waals surface area contributed by atoms with E-state index in [0.29, 0.717) is 5.92 Å². The molecule has 0 unspecified atom stereocenters. The maximum absolute atomic E-state index is 11.4. The third-order valence-corrected chi connectivity index (χ3v) is 7.48. The van der Waals surface area contributed by atoms with Gasteiger partial charge in [0.1, 0.15) is 0 Å². The van der Waals surface area contributed by atoms with Gasteiger partial charge >= 0.3 is 0 Å². The summed E-state index contributed by atoms with van der Waals surface area (Å²) in [6.45, 7) is 4.62. The number of thiophene rings is 1. The predicted molar refractivity (Wildman–Crippen MR) is 97.3 cm³/mol. The lowest BCUT2D eigenvalue weighted by molar-refractivity contribution is -0.0231. The van der Waals surface area contributed by atoms with E-state index < -0.39 is 5.60 Å². The smallest absolute Gasteiger partial charge is 0.0724 e. The first-order valence-corrected chi connectivity index (χ1v) is 9.79. The van der Waals surface area contributed by atoms with E-state index in [9.17, 15) is 5.11 Å². The minimum absolute atomic E-state index is 0.0402. The van der Waals surface area contributed by atoms with Crippen LogP contribution in [0.2, 0.25) is 0 Å². The van der Waals surface area contributed by atoms with Crippen molar-refractivity contribution in [3.05, 3.63) is 57.3 Å². The molecule has 2 aromatic rings. The summed E-state index contributed by atoms with van der Waals surface area (Å²) in [7, 11) is 0. The van der Waals surface area contributed by atoms with Gasteiger partial charge in [-0.2, -0.15) is 0 Å². The van der Waals surface area contributed by atoms with Gasteiger partial charge in [-0.3, -0.25) is 0 Å². The maximum atomic E-state index is 11.4. The summed E-state index contributed by atoms with van der Waals surface area (Å²) in [6, 6.07) is 10.9. The fourth-order valence-corrected chi connectivity index (χ4v) is 6.44. The van der Waals surface area contributed by atoms with Gasteiger partial charge in [-0.1, -0.05) is 56.5 Å². The van der Waals surface area contributed by atoms with Gasteiger partial charge in [0.15, 0.2) is 0 Å². The lowest BCUT2D eigenvalue weighted by Gasteiger charge is -2.38. The van der Waals surface area contributed by atoms with Gasteiger partial charge in [0, 0.05) is 16.2 Å². The van der Waals surface area contributed by atoms with Crippen molar-refractivity contribution in [3.8, 4) is 0 Å². The molecule has 1 N–H and O–H groups in total. The minimum Gasteiger partial charge on any atom is -0.389 e. The Morgan fingerprint density at radius 2 is 1.78 bits per heavy atom. The molecule has 0 aliphatic heterocycles. The molecule has 0 saturated heterocycles. The van der Waals surface area contributed by atoms with Crippen LogP contribution in [0.15, 0.2) is 35.7 Å². The van der Waals surface area contributed by atoms with Crippen LogP contribution in [0, 0.1) is 6.92 Å². The molecule has 2 atom stereocenters. The monoisotopic (exact) mass is 326 g/mol. The standard InChI is InChI=1S/C21H26OS/c1-15-14-23-19-17(21(22)11-7-4-8-12-21)13-20(2,18(15)19)16-9-5-3-6-10-16/h3,5-6,9-10,14,17,22H,4,7-8,11-13H2,1-2H3/t17-,20-/m1/s1. The molecule has 2 aliphatic carbocycles. The molecule has 1 nitrogen and oxygen atoms in total. The normalized spacial score (nSPS) is 29.4. The minimum atomic E-state index is -0.489. The highest BCUT2D eigenvalue weighted by molar-refractivity contribution is 7.10. The van der Waals surface area contributed by atoms with Gasteiger partial charge in [0.05, 0.1) is 5.60 Å². The summed E-state index contributed by atoms with van der Waals surface area (Å²) in [5.74, 6) is 0.307. The molecule has 2 heteroatoms. The first kappa shape index (κ1) is 15.4. The topological polar surface area (TPSA) is 20.2 Å². The third-order valence-electron chi connectivity index (χ3n) is 6.26. The highest BCUT2D eigenvalue weighted by Gasteiger charge is 2.51. The predicted octanol–water partition coefficient (Wildman–Crippen LogP) is 5.55. The van der Waals surface area contributed by atoms with Gasteiger partial charge in [0.2, 0.25) is 0 Å². The van der Waals surface area contributed by atoms with Crippen LogP contribution in [0.5, 0.6) is 0 Å². The fourth-order valence-electron chi connectivity index (χ4n) is 5.05. The van der Waals surface area contributed by atoms with Crippen LogP contribution in [0.4, 0.5) is 0 Å². The molecule has 0 bridgehead atoms. The summed E-state index contributed by atoms with van der Waals surface area (Å²) in [4.78, 5) is 1.46. The molecular weight excluding hydrogens is 300 g/mol. The molecule has 1 heterocycles. The summed E-state index contributed by atoms with van der Waals surface area (Å²) in [5, 5.41) is 13.7. The first-order valence-electron chi connectivity index (χ1n) is 8.91.